The molecule has 3 heteroatoms. The molecular weight excluding hydrogens is 164 g/mol. The zero-order valence-corrected chi connectivity index (χ0v) is 8.00. The molecule has 68 valence electrons. The summed E-state index contributed by atoms with van der Waals surface area (Å²) in [5.41, 5.74) is 2.51. The first-order chi connectivity index (χ1) is 6.05. The SMILES string of the molecule is CC1=C(C#N)[C@@H]2[C@@H](/C1=N\O)C2(C)C. The minimum atomic E-state index is 0.117. The molecule has 0 aromatic rings. The van der Waals surface area contributed by atoms with Gasteiger partial charge < -0.3 is 5.21 Å². The molecule has 0 amide bonds. The smallest absolute Gasteiger partial charge is 0.0954 e. The highest BCUT2D eigenvalue weighted by atomic mass is 16.4. The van der Waals surface area contributed by atoms with Crippen LogP contribution < -0.4 is 0 Å². The van der Waals surface area contributed by atoms with Crippen molar-refractivity contribution in [2.75, 3.05) is 0 Å². The van der Waals surface area contributed by atoms with Crippen LogP contribution >= 0.6 is 0 Å². The molecule has 3 nitrogen and oxygen atoms in total. The lowest BCUT2D eigenvalue weighted by molar-refractivity contribution is 0.316. The van der Waals surface area contributed by atoms with Crippen molar-refractivity contribution in [2.45, 2.75) is 20.8 Å². The van der Waals surface area contributed by atoms with Gasteiger partial charge in [0.05, 0.1) is 11.8 Å². The third-order valence-electron chi connectivity index (χ3n) is 3.45. The molecule has 2 atom stereocenters. The number of fused-ring (bicyclic) bond motifs is 1. The predicted octanol–water partition coefficient (Wildman–Crippen LogP) is 1.94. The maximum Gasteiger partial charge on any atom is 0.0954 e. The van der Waals surface area contributed by atoms with Crippen LogP contribution in [-0.2, 0) is 0 Å². The van der Waals surface area contributed by atoms with E-state index in [2.05, 4.69) is 25.1 Å². The van der Waals surface area contributed by atoms with Crippen molar-refractivity contribution in [1.29, 1.82) is 5.26 Å². The third-order valence-corrected chi connectivity index (χ3v) is 3.45. The van der Waals surface area contributed by atoms with E-state index in [9.17, 15) is 0 Å². The van der Waals surface area contributed by atoms with Crippen molar-refractivity contribution < 1.29 is 5.21 Å². The highest BCUT2D eigenvalue weighted by Crippen LogP contribution is 2.67. The predicted molar refractivity (Wildman–Crippen MR) is 48.3 cm³/mol. The molecule has 0 aromatic heterocycles. The van der Waals surface area contributed by atoms with Gasteiger partial charge in [-0.05, 0) is 17.9 Å². The van der Waals surface area contributed by atoms with Crippen LogP contribution in [0.25, 0.3) is 0 Å². The van der Waals surface area contributed by atoms with E-state index in [0.29, 0.717) is 11.6 Å². The minimum absolute atomic E-state index is 0.117. The van der Waals surface area contributed by atoms with E-state index in [4.69, 9.17) is 10.5 Å². The van der Waals surface area contributed by atoms with Gasteiger partial charge >= 0.3 is 0 Å². The second kappa shape index (κ2) is 2.14. The van der Waals surface area contributed by atoms with Crippen LogP contribution in [0, 0.1) is 28.6 Å². The largest absolute Gasteiger partial charge is 0.411 e. The third kappa shape index (κ3) is 0.757. The van der Waals surface area contributed by atoms with Gasteiger partial charge in [-0.25, -0.2) is 0 Å². The molecule has 1 saturated carbocycles. The van der Waals surface area contributed by atoms with Crippen molar-refractivity contribution in [3.8, 4) is 6.07 Å². The molecule has 2 rings (SSSR count). The van der Waals surface area contributed by atoms with E-state index < -0.39 is 0 Å². The van der Waals surface area contributed by atoms with Gasteiger partial charge in [0.2, 0.25) is 0 Å². The highest BCUT2D eigenvalue weighted by molar-refractivity contribution is 6.08. The van der Waals surface area contributed by atoms with Crippen LogP contribution in [0.2, 0.25) is 0 Å². The Hall–Kier alpha value is -1.30. The van der Waals surface area contributed by atoms with E-state index in [0.717, 1.165) is 11.1 Å². The average molecular weight is 176 g/mol. The molecule has 1 fully saturated rings. The van der Waals surface area contributed by atoms with E-state index in [1.165, 1.54) is 0 Å². The first-order valence-electron chi connectivity index (χ1n) is 4.39. The molecule has 0 saturated heterocycles. The zero-order valence-electron chi connectivity index (χ0n) is 8.00. The summed E-state index contributed by atoms with van der Waals surface area (Å²) in [5, 5.41) is 21.1. The first kappa shape index (κ1) is 8.31. The van der Waals surface area contributed by atoms with Gasteiger partial charge in [0, 0.05) is 17.4 Å². The van der Waals surface area contributed by atoms with Crippen LogP contribution in [0.15, 0.2) is 16.3 Å². The molecule has 0 unspecified atom stereocenters. The summed E-state index contributed by atoms with van der Waals surface area (Å²) in [5.74, 6) is 0.565. The summed E-state index contributed by atoms with van der Waals surface area (Å²) in [7, 11) is 0. The first-order valence-corrected chi connectivity index (χ1v) is 4.39. The Kier molecular flexibility index (Phi) is 1.37. The van der Waals surface area contributed by atoms with E-state index in [1.807, 2.05) is 6.92 Å². The second-order valence-electron chi connectivity index (χ2n) is 4.41. The number of nitriles is 1. The molecule has 0 radical (unpaired) electrons. The fourth-order valence-corrected chi connectivity index (χ4v) is 2.58. The Morgan fingerprint density at radius 1 is 1.46 bits per heavy atom. The highest BCUT2D eigenvalue weighted by Gasteiger charge is 2.66. The fourth-order valence-electron chi connectivity index (χ4n) is 2.58. The number of hydrogen-bond acceptors (Lipinski definition) is 3. The van der Waals surface area contributed by atoms with E-state index >= 15 is 0 Å². The maximum atomic E-state index is 8.93. The minimum Gasteiger partial charge on any atom is -0.411 e. The maximum absolute atomic E-state index is 8.93. The molecular formula is C10H12N2O. The van der Waals surface area contributed by atoms with Gasteiger partial charge in [0.25, 0.3) is 0 Å². The van der Waals surface area contributed by atoms with Gasteiger partial charge in [-0.15, -0.1) is 0 Å². The summed E-state index contributed by atoms with van der Waals surface area (Å²) < 4.78 is 0. The average Bonchev–Trinajstić information content (AvgIpc) is 2.52. The van der Waals surface area contributed by atoms with Crippen LogP contribution in [-0.4, -0.2) is 10.9 Å². The standard InChI is InChI=1S/C10H12N2O/c1-5-6(4-11)7-8(9(5)12-13)10(7,2)3/h7-8,13H,1-3H3/b12-9-/t7-,8+/m1/s1. The lowest BCUT2D eigenvalue weighted by Crippen LogP contribution is -2.08. The zero-order chi connectivity index (χ0) is 9.80. The van der Waals surface area contributed by atoms with Crippen molar-refractivity contribution in [3.63, 3.8) is 0 Å². The number of allylic oxidation sites excluding steroid dienone is 2. The number of nitrogens with zero attached hydrogens (tertiary/aromatic N) is 2. The summed E-state index contributed by atoms with van der Waals surface area (Å²) >= 11 is 0. The van der Waals surface area contributed by atoms with Gasteiger partial charge in [-0.1, -0.05) is 19.0 Å². The van der Waals surface area contributed by atoms with E-state index in [-0.39, 0.29) is 11.3 Å². The van der Waals surface area contributed by atoms with Gasteiger partial charge in [0.1, 0.15) is 0 Å². The lowest BCUT2D eigenvalue weighted by Gasteiger charge is -2.09. The molecule has 0 aliphatic heterocycles. The van der Waals surface area contributed by atoms with Crippen LogP contribution in [0.4, 0.5) is 0 Å². The summed E-state index contributed by atoms with van der Waals surface area (Å²) in [6.07, 6.45) is 0. The van der Waals surface area contributed by atoms with E-state index in [1.54, 1.807) is 0 Å². The number of oxime groups is 1. The Morgan fingerprint density at radius 2 is 2.08 bits per heavy atom. The molecule has 2 aliphatic carbocycles. The van der Waals surface area contributed by atoms with Gasteiger partial charge in [-0.2, -0.15) is 5.26 Å². The molecule has 1 N–H and O–H groups in total. The molecule has 0 aromatic carbocycles. The fraction of sp³-hybridized carbons (Fsp3) is 0.600. The lowest BCUT2D eigenvalue weighted by atomic mass is 9.95. The topological polar surface area (TPSA) is 56.4 Å². The van der Waals surface area contributed by atoms with Crippen LogP contribution in [0.5, 0.6) is 0 Å². The Labute approximate surface area is 77.4 Å². The molecule has 0 bridgehead atoms. The second-order valence-corrected chi connectivity index (χ2v) is 4.41. The van der Waals surface area contributed by atoms with Crippen molar-refractivity contribution in [3.05, 3.63) is 11.1 Å². The quantitative estimate of drug-likeness (QED) is 0.453. The van der Waals surface area contributed by atoms with Crippen molar-refractivity contribution >= 4 is 5.71 Å². The van der Waals surface area contributed by atoms with Crippen molar-refractivity contribution in [2.24, 2.45) is 22.4 Å². The number of hydrogen-bond donors (Lipinski definition) is 1. The summed E-state index contributed by atoms with van der Waals surface area (Å²) in [4.78, 5) is 0. The monoisotopic (exact) mass is 176 g/mol. The van der Waals surface area contributed by atoms with Gasteiger partial charge in [-0.3, -0.25) is 0 Å². The molecule has 0 spiro atoms. The van der Waals surface area contributed by atoms with Crippen LogP contribution in [0.3, 0.4) is 0 Å². The van der Waals surface area contributed by atoms with Gasteiger partial charge in [0.15, 0.2) is 0 Å². The summed E-state index contributed by atoms with van der Waals surface area (Å²) in [6.45, 7) is 6.07. The Balaban J connectivity index is 2.51. The normalized spacial score (nSPS) is 37.5. The van der Waals surface area contributed by atoms with Crippen LogP contribution in [0.1, 0.15) is 20.8 Å². The van der Waals surface area contributed by atoms with Crippen molar-refractivity contribution in [1.82, 2.24) is 0 Å². The molecule has 2 aliphatic rings. The Bertz CT molecular complexity index is 371. The molecule has 0 heterocycles. The Morgan fingerprint density at radius 3 is 2.38 bits per heavy atom. The molecule has 13 heavy (non-hydrogen) atoms. The number of rotatable bonds is 0. The summed E-state index contributed by atoms with van der Waals surface area (Å²) in [6, 6.07) is 2.21.